The van der Waals surface area contributed by atoms with Crippen LogP contribution in [0.2, 0.25) is 5.15 Å². The van der Waals surface area contributed by atoms with Gasteiger partial charge in [-0.1, -0.05) is 11.6 Å². The van der Waals surface area contributed by atoms with E-state index < -0.39 is 0 Å². The lowest BCUT2D eigenvalue weighted by Gasteiger charge is -2.08. The number of aromatic nitrogens is 2. The van der Waals surface area contributed by atoms with Gasteiger partial charge in [0, 0.05) is 22.7 Å². The van der Waals surface area contributed by atoms with E-state index in [1.165, 1.54) is 23.6 Å². The molecule has 0 atom stereocenters. The van der Waals surface area contributed by atoms with Gasteiger partial charge in [-0.2, -0.15) is 0 Å². The van der Waals surface area contributed by atoms with E-state index in [1.807, 2.05) is 23.6 Å². The van der Waals surface area contributed by atoms with E-state index in [-0.39, 0.29) is 11.1 Å². The molecular formula is C17H14ClN3O3S. The first-order valence-electron chi connectivity index (χ1n) is 7.21. The Morgan fingerprint density at radius 1 is 1.20 bits per heavy atom. The van der Waals surface area contributed by atoms with Crippen molar-refractivity contribution >= 4 is 34.0 Å². The van der Waals surface area contributed by atoms with E-state index in [0.29, 0.717) is 27.9 Å². The molecule has 25 heavy (non-hydrogen) atoms. The Morgan fingerprint density at radius 3 is 2.76 bits per heavy atom. The molecule has 0 saturated heterocycles. The lowest BCUT2D eigenvalue weighted by atomic mass is 10.1. The Hall–Kier alpha value is -2.64. The van der Waals surface area contributed by atoms with Gasteiger partial charge in [0.15, 0.2) is 5.13 Å². The average Bonchev–Trinajstić information content (AvgIpc) is 3.09. The molecule has 1 aromatic carbocycles. The number of halogens is 1. The van der Waals surface area contributed by atoms with E-state index in [2.05, 4.69) is 15.3 Å². The predicted octanol–water partition coefficient (Wildman–Crippen LogP) is 4.13. The van der Waals surface area contributed by atoms with Crippen LogP contribution in [0.5, 0.6) is 11.5 Å². The molecule has 0 spiro atoms. The highest BCUT2D eigenvalue weighted by Crippen LogP contribution is 2.35. The van der Waals surface area contributed by atoms with Crippen molar-refractivity contribution in [3.63, 3.8) is 0 Å². The van der Waals surface area contributed by atoms with Crippen LogP contribution in [-0.4, -0.2) is 30.1 Å². The summed E-state index contributed by atoms with van der Waals surface area (Å²) < 4.78 is 10.6. The molecule has 2 heterocycles. The molecule has 8 heteroatoms. The summed E-state index contributed by atoms with van der Waals surface area (Å²) in [6.07, 6.45) is 1.48. The normalized spacial score (nSPS) is 10.4. The van der Waals surface area contributed by atoms with E-state index in [4.69, 9.17) is 21.1 Å². The summed E-state index contributed by atoms with van der Waals surface area (Å²) in [7, 11) is 3.19. The molecule has 6 nitrogen and oxygen atoms in total. The van der Waals surface area contributed by atoms with Gasteiger partial charge in [-0.3, -0.25) is 10.1 Å². The van der Waals surface area contributed by atoms with Crippen molar-refractivity contribution in [1.29, 1.82) is 0 Å². The van der Waals surface area contributed by atoms with Crippen LogP contribution < -0.4 is 14.8 Å². The maximum atomic E-state index is 12.3. The van der Waals surface area contributed by atoms with Gasteiger partial charge in [0.25, 0.3) is 5.91 Å². The second-order valence-corrected chi connectivity index (χ2v) is 6.17. The summed E-state index contributed by atoms with van der Waals surface area (Å²) in [5.74, 6) is 1.06. The number of anilines is 1. The number of benzene rings is 1. The molecule has 1 amide bonds. The van der Waals surface area contributed by atoms with Gasteiger partial charge in [0.2, 0.25) is 0 Å². The molecule has 128 valence electrons. The van der Waals surface area contributed by atoms with Crippen molar-refractivity contribution < 1.29 is 14.3 Å². The smallest absolute Gasteiger partial charge is 0.257 e. The van der Waals surface area contributed by atoms with Gasteiger partial charge < -0.3 is 9.47 Å². The molecule has 0 aliphatic rings. The highest BCUT2D eigenvalue weighted by Gasteiger charge is 2.14. The monoisotopic (exact) mass is 375 g/mol. The summed E-state index contributed by atoms with van der Waals surface area (Å²) >= 11 is 7.12. The fourth-order valence-electron chi connectivity index (χ4n) is 2.18. The van der Waals surface area contributed by atoms with Gasteiger partial charge in [-0.25, -0.2) is 9.97 Å². The lowest BCUT2D eigenvalue weighted by Crippen LogP contribution is -2.11. The minimum atomic E-state index is -0.303. The van der Waals surface area contributed by atoms with Gasteiger partial charge in [-0.15, -0.1) is 11.3 Å². The summed E-state index contributed by atoms with van der Waals surface area (Å²) in [5, 5.41) is 5.32. The Balaban J connectivity index is 1.84. The number of carbonyl (C=O) groups is 1. The minimum Gasteiger partial charge on any atom is -0.497 e. The highest BCUT2D eigenvalue weighted by atomic mass is 35.5. The second kappa shape index (κ2) is 7.50. The van der Waals surface area contributed by atoms with Crippen molar-refractivity contribution in [2.75, 3.05) is 19.5 Å². The van der Waals surface area contributed by atoms with Crippen LogP contribution in [0.25, 0.3) is 11.3 Å². The molecule has 0 saturated carbocycles. The molecule has 0 aliphatic heterocycles. The number of ether oxygens (including phenoxy) is 2. The number of thiazole rings is 1. The number of methoxy groups -OCH3 is 2. The van der Waals surface area contributed by atoms with Crippen molar-refractivity contribution in [2.24, 2.45) is 0 Å². The van der Waals surface area contributed by atoms with E-state index >= 15 is 0 Å². The van der Waals surface area contributed by atoms with Crippen LogP contribution in [0, 0.1) is 0 Å². The third-order valence-corrected chi connectivity index (χ3v) is 4.36. The molecular weight excluding hydrogens is 362 g/mol. The number of carbonyl (C=O) groups excluding carboxylic acids is 1. The number of pyridine rings is 1. The van der Waals surface area contributed by atoms with Gasteiger partial charge in [0.1, 0.15) is 16.7 Å². The van der Waals surface area contributed by atoms with Crippen LogP contribution in [0.15, 0.2) is 41.9 Å². The number of hydrogen-bond donors (Lipinski definition) is 1. The fraction of sp³-hybridized carbons (Fsp3) is 0.118. The lowest BCUT2D eigenvalue weighted by molar-refractivity contribution is 0.102. The Bertz CT molecular complexity index is 914. The first kappa shape index (κ1) is 17.2. The van der Waals surface area contributed by atoms with Crippen LogP contribution in [-0.2, 0) is 0 Å². The third-order valence-electron chi connectivity index (χ3n) is 3.40. The van der Waals surface area contributed by atoms with E-state index in [0.717, 1.165) is 5.56 Å². The first-order chi connectivity index (χ1) is 12.1. The topological polar surface area (TPSA) is 73.3 Å². The quantitative estimate of drug-likeness (QED) is 0.679. The fourth-order valence-corrected chi connectivity index (χ4v) is 3.06. The molecule has 3 aromatic rings. The molecule has 0 radical (unpaired) electrons. The van der Waals surface area contributed by atoms with Gasteiger partial charge >= 0.3 is 0 Å². The highest BCUT2D eigenvalue weighted by molar-refractivity contribution is 7.14. The standard InChI is InChI=1S/C17H14ClN3O3S/c1-23-11-3-4-14(24-2)12(8-11)13-9-25-17(20-13)21-16(22)10-5-6-19-15(18)7-10/h3-9H,1-2H3,(H,20,21,22). The zero-order chi connectivity index (χ0) is 17.8. The second-order valence-electron chi connectivity index (χ2n) is 4.93. The molecule has 0 aliphatic carbocycles. The average molecular weight is 376 g/mol. The molecule has 1 N–H and O–H groups in total. The number of nitrogens with zero attached hydrogens (tertiary/aromatic N) is 2. The number of rotatable bonds is 5. The maximum Gasteiger partial charge on any atom is 0.257 e. The van der Waals surface area contributed by atoms with Crippen molar-refractivity contribution in [1.82, 2.24) is 9.97 Å². The first-order valence-corrected chi connectivity index (χ1v) is 8.47. The van der Waals surface area contributed by atoms with Gasteiger partial charge in [-0.05, 0) is 30.3 Å². The molecule has 2 aromatic heterocycles. The Kier molecular flexibility index (Phi) is 5.16. The van der Waals surface area contributed by atoms with Gasteiger partial charge in [0.05, 0.1) is 19.9 Å². The van der Waals surface area contributed by atoms with Crippen LogP contribution in [0.3, 0.4) is 0 Å². The molecule has 0 fully saturated rings. The Labute approximate surface area is 153 Å². The van der Waals surface area contributed by atoms with Crippen molar-refractivity contribution in [2.45, 2.75) is 0 Å². The summed E-state index contributed by atoms with van der Waals surface area (Å²) in [5.41, 5.74) is 1.88. The van der Waals surface area contributed by atoms with Crippen LogP contribution >= 0.6 is 22.9 Å². The molecule has 0 unspecified atom stereocenters. The summed E-state index contributed by atoms with van der Waals surface area (Å²) in [4.78, 5) is 20.6. The number of hydrogen-bond acceptors (Lipinski definition) is 6. The Morgan fingerprint density at radius 2 is 2.04 bits per heavy atom. The van der Waals surface area contributed by atoms with E-state index in [1.54, 1.807) is 20.3 Å². The summed E-state index contributed by atoms with van der Waals surface area (Å²) in [6.45, 7) is 0. The van der Waals surface area contributed by atoms with E-state index in [9.17, 15) is 4.79 Å². The maximum absolute atomic E-state index is 12.3. The third kappa shape index (κ3) is 3.89. The zero-order valence-electron chi connectivity index (χ0n) is 13.4. The number of nitrogens with one attached hydrogen (secondary N) is 1. The number of amides is 1. The van der Waals surface area contributed by atoms with Crippen LogP contribution in [0.1, 0.15) is 10.4 Å². The predicted molar refractivity (Wildman–Crippen MR) is 97.9 cm³/mol. The molecule has 0 bridgehead atoms. The van der Waals surface area contributed by atoms with Crippen molar-refractivity contribution in [3.05, 3.63) is 52.6 Å². The van der Waals surface area contributed by atoms with Crippen LogP contribution in [0.4, 0.5) is 5.13 Å². The van der Waals surface area contributed by atoms with Crippen molar-refractivity contribution in [3.8, 4) is 22.8 Å². The largest absolute Gasteiger partial charge is 0.497 e. The summed E-state index contributed by atoms with van der Waals surface area (Å²) in [6, 6.07) is 8.54. The SMILES string of the molecule is COc1ccc(OC)c(-c2csc(NC(=O)c3ccnc(Cl)c3)n2)c1. The minimum absolute atomic E-state index is 0.258. The molecule has 3 rings (SSSR count). The zero-order valence-corrected chi connectivity index (χ0v) is 15.0.